The first-order valence-corrected chi connectivity index (χ1v) is 11.2. The van der Waals surface area contributed by atoms with Crippen molar-refractivity contribution in [1.82, 2.24) is 0 Å². The monoisotopic (exact) mass is 474 g/mol. The highest BCUT2D eigenvalue weighted by Gasteiger charge is 2.18. The summed E-state index contributed by atoms with van der Waals surface area (Å²) >= 11 is 0. The molecule has 3 rings (SSSR count). The second-order valence-electron chi connectivity index (χ2n) is 6.97. The van der Waals surface area contributed by atoms with Crippen molar-refractivity contribution in [3.63, 3.8) is 0 Å². The van der Waals surface area contributed by atoms with Gasteiger partial charge < -0.3 is 19.5 Å². The van der Waals surface area contributed by atoms with E-state index < -0.39 is 21.7 Å². The molecule has 3 aromatic rings. The fourth-order valence-electron chi connectivity index (χ4n) is 3.04. The molecular formula is C23H23FN2O6S. The number of hydrogen-bond acceptors (Lipinski definition) is 6. The predicted octanol–water partition coefficient (Wildman–Crippen LogP) is 4.21. The van der Waals surface area contributed by atoms with Gasteiger partial charge in [0.15, 0.2) is 11.5 Å². The van der Waals surface area contributed by atoms with Crippen molar-refractivity contribution in [2.45, 2.75) is 11.8 Å². The standard InChI is InChI=1S/C23H23FN2O6S/c1-14-8-9-18(13-19(14)24)33(28,29)26-16-7-5-6-15(10-16)23(27)25-17-11-20(30-2)22(32-4)21(12-17)31-3/h5-13,26H,1-4H3,(H,25,27). The Morgan fingerprint density at radius 2 is 1.55 bits per heavy atom. The van der Waals surface area contributed by atoms with E-state index in [4.69, 9.17) is 14.2 Å². The zero-order valence-corrected chi connectivity index (χ0v) is 19.2. The van der Waals surface area contributed by atoms with Gasteiger partial charge in [0.25, 0.3) is 15.9 Å². The maximum absolute atomic E-state index is 13.8. The van der Waals surface area contributed by atoms with E-state index in [1.807, 2.05) is 0 Å². The summed E-state index contributed by atoms with van der Waals surface area (Å²) < 4.78 is 57.2. The first kappa shape index (κ1) is 23.9. The summed E-state index contributed by atoms with van der Waals surface area (Å²) in [5.41, 5.74) is 1.06. The van der Waals surface area contributed by atoms with Crippen molar-refractivity contribution in [2.24, 2.45) is 0 Å². The van der Waals surface area contributed by atoms with Crippen molar-refractivity contribution in [2.75, 3.05) is 31.4 Å². The van der Waals surface area contributed by atoms with Gasteiger partial charge in [-0.3, -0.25) is 9.52 Å². The Morgan fingerprint density at radius 1 is 0.879 bits per heavy atom. The van der Waals surface area contributed by atoms with Crippen LogP contribution in [0.1, 0.15) is 15.9 Å². The lowest BCUT2D eigenvalue weighted by molar-refractivity contribution is 0.102. The Labute approximate surface area is 191 Å². The molecule has 174 valence electrons. The number of ether oxygens (including phenoxy) is 3. The van der Waals surface area contributed by atoms with E-state index in [-0.39, 0.29) is 16.1 Å². The summed E-state index contributed by atoms with van der Waals surface area (Å²) in [7, 11) is 0.334. The molecule has 0 spiro atoms. The van der Waals surface area contributed by atoms with Gasteiger partial charge >= 0.3 is 0 Å². The Morgan fingerprint density at radius 3 is 2.12 bits per heavy atom. The second-order valence-corrected chi connectivity index (χ2v) is 8.65. The number of amides is 1. The first-order valence-electron chi connectivity index (χ1n) is 9.69. The SMILES string of the molecule is COc1cc(NC(=O)c2cccc(NS(=O)(=O)c3ccc(C)c(F)c3)c2)cc(OC)c1OC. The van der Waals surface area contributed by atoms with Crippen LogP contribution in [0.3, 0.4) is 0 Å². The van der Waals surface area contributed by atoms with E-state index in [9.17, 15) is 17.6 Å². The van der Waals surface area contributed by atoms with Gasteiger partial charge in [-0.2, -0.15) is 0 Å². The summed E-state index contributed by atoms with van der Waals surface area (Å²) in [6.45, 7) is 1.54. The molecule has 0 fully saturated rings. The van der Waals surface area contributed by atoms with Crippen molar-refractivity contribution in [3.05, 3.63) is 71.5 Å². The van der Waals surface area contributed by atoms with Gasteiger partial charge in [0, 0.05) is 29.1 Å². The molecular weight excluding hydrogens is 451 g/mol. The highest BCUT2D eigenvalue weighted by atomic mass is 32.2. The van der Waals surface area contributed by atoms with Crippen LogP contribution in [0.2, 0.25) is 0 Å². The zero-order chi connectivity index (χ0) is 24.2. The molecule has 0 radical (unpaired) electrons. The Kier molecular flexibility index (Phi) is 7.07. The van der Waals surface area contributed by atoms with Crippen LogP contribution in [0.4, 0.5) is 15.8 Å². The molecule has 33 heavy (non-hydrogen) atoms. The lowest BCUT2D eigenvalue weighted by atomic mass is 10.2. The topological polar surface area (TPSA) is 103 Å². The molecule has 10 heteroatoms. The fourth-order valence-corrected chi connectivity index (χ4v) is 4.10. The molecule has 3 aromatic carbocycles. The molecule has 0 aliphatic carbocycles. The molecule has 0 bridgehead atoms. The largest absolute Gasteiger partial charge is 0.493 e. The molecule has 8 nitrogen and oxygen atoms in total. The number of methoxy groups -OCH3 is 3. The Bertz CT molecular complexity index is 1270. The number of benzene rings is 3. The number of anilines is 2. The third kappa shape index (κ3) is 5.35. The molecule has 0 saturated heterocycles. The number of nitrogens with one attached hydrogen (secondary N) is 2. The number of aryl methyl sites for hydroxylation is 1. The van der Waals surface area contributed by atoms with Crippen LogP contribution in [0.25, 0.3) is 0 Å². The zero-order valence-electron chi connectivity index (χ0n) is 18.4. The number of halogens is 1. The van der Waals surface area contributed by atoms with Crippen LogP contribution in [0.15, 0.2) is 59.5 Å². The number of hydrogen-bond donors (Lipinski definition) is 2. The van der Waals surface area contributed by atoms with Gasteiger partial charge in [-0.05, 0) is 42.8 Å². The van der Waals surface area contributed by atoms with Crippen LogP contribution in [-0.4, -0.2) is 35.7 Å². The average molecular weight is 475 g/mol. The van der Waals surface area contributed by atoms with E-state index in [1.165, 1.54) is 64.7 Å². The molecule has 0 aliphatic rings. The Hall–Kier alpha value is -3.79. The number of sulfonamides is 1. The molecule has 0 heterocycles. The maximum Gasteiger partial charge on any atom is 0.261 e. The first-order chi connectivity index (χ1) is 15.7. The minimum absolute atomic E-state index is 0.147. The minimum atomic E-state index is -4.05. The van der Waals surface area contributed by atoms with Crippen molar-refractivity contribution in [1.29, 1.82) is 0 Å². The van der Waals surface area contributed by atoms with Crippen LogP contribution in [-0.2, 0) is 10.0 Å². The van der Waals surface area contributed by atoms with E-state index in [0.717, 1.165) is 6.07 Å². The van der Waals surface area contributed by atoms with Crippen molar-refractivity contribution < 1.29 is 31.8 Å². The number of carbonyl (C=O) groups excluding carboxylic acids is 1. The average Bonchev–Trinajstić information content (AvgIpc) is 2.79. The lowest BCUT2D eigenvalue weighted by Gasteiger charge is -2.15. The summed E-state index contributed by atoms with van der Waals surface area (Å²) in [6, 6.07) is 12.7. The van der Waals surface area contributed by atoms with Crippen molar-refractivity contribution in [3.8, 4) is 17.2 Å². The van der Waals surface area contributed by atoms with Gasteiger partial charge in [-0.1, -0.05) is 12.1 Å². The highest BCUT2D eigenvalue weighted by Crippen LogP contribution is 2.40. The predicted molar refractivity (Wildman–Crippen MR) is 122 cm³/mol. The Balaban J connectivity index is 1.83. The van der Waals surface area contributed by atoms with E-state index in [2.05, 4.69) is 10.0 Å². The van der Waals surface area contributed by atoms with Crippen LogP contribution in [0.5, 0.6) is 17.2 Å². The molecule has 1 amide bonds. The van der Waals surface area contributed by atoms with E-state index in [1.54, 1.807) is 12.1 Å². The van der Waals surface area contributed by atoms with Gasteiger partial charge in [-0.15, -0.1) is 0 Å². The normalized spacial score (nSPS) is 10.9. The van der Waals surface area contributed by atoms with Crippen molar-refractivity contribution >= 4 is 27.3 Å². The van der Waals surface area contributed by atoms with Gasteiger partial charge in [-0.25, -0.2) is 12.8 Å². The molecule has 0 atom stereocenters. The smallest absolute Gasteiger partial charge is 0.261 e. The fraction of sp³-hybridized carbons (Fsp3) is 0.174. The van der Waals surface area contributed by atoms with Gasteiger partial charge in [0.05, 0.1) is 26.2 Å². The van der Waals surface area contributed by atoms with E-state index in [0.29, 0.717) is 28.5 Å². The molecule has 0 saturated carbocycles. The number of rotatable bonds is 8. The van der Waals surface area contributed by atoms with Crippen LogP contribution < -0.4 is 24.2 Å². The highest BCUT2D eigenvalue weighted by molar-refractivity contribution is 7.92. The molecule has 0 unspecified atom stereocenters. The summed E-state index contributed by atoms with van der Waals surface area (Å²) in [6.07, 6.45) is 0. The summed E-state index contributed by atoms with van der Waals surface area (Å²) in [5, 5.41) is 2.71. The second kappa shape index (κ2) is 9.78. The van der Waals surface area contributed by atoms with Crippen LogP contribution >= 0.6 is 0 Å². The molecule has 0 aromatic heterocycles. The third-order valence-electron chi connectivity index (χ3n) is 4.75. The maximum atomic E-state index is 13.8. The van der Waals surface area contributed by atoms with Crippen LogP contribution in [0, 0.1) is 12.7 Å². The quantitative estimate of drug-likeness (QED) is 0.507. The van der Waals surface area contributed by atoms with Gasteiger partial charge in [0.1, 0.15) is 5.82 Å². The third-order valence-corrected chi connectivity index (χ3v) is 6.13. The minimum Gasteiger partial charge on any atom is -0.493 e. The van der Waals surface area contributed by atoms with E-state index >= 15 is 0 Å². The van der Waals surface area contributed by atoms with Gasteiger partial charge in [0.2, 0.25) is 5.75 Å². The summed E-state index contributed by atoms with van der Waals surface area (Å²) in [4.78, 5) is 12.6. The molecule has 2 N–H and O–H groups in total. The number of carbonyl (C=O) groups is 1. The lowest BCUT2D eigenvalue weighted by Crippen LogP contribution is -2.15. The summed E-state index contributed by atoms with van der Waals surface area (Å²) in [5.74, 6) is -0.0250. The molecule has 0 aliphatic heterocycles.